The Balaban J connectivity index is 3.32. The van der Waals surface area contributed by atoms with Crippen molar-refractivity contribution in [2.75, 3.05) is 13.2 Å². The van der Waals surface area contributed by atoms with Crippen molar-refractivity contribution in [3.05, 3.63) is 0 Å². The fourth-order valence-electron chi connectivity index (χ4n) is 3.72. The third kappa shape index (κ3) is 26.6. The minimum atomic E-state index is -0.202. The summed E-state index contributed by atoms with van der Waals surface area (Å²) >= 11 is 0. The highest BCUT2D eigenvalue weighted by molar-refractivity contribution is 5.72. The van der Waals surface area contributed by atoms with Crippen LogP contribution in [0, 0.1) is 11.8 Å². The summed E-state index contributed by atoms with van der Waals surface area (Å²) in [7, 11) is 0. The highest BCUT2D eigenvalue weighted by Crippen LogP contribution is 2.11. The molecule has 0 radical (unpaired) electrons. The number of hydrogen-bond acceptors (Lipinski definition) is 4. The van der Waals surface area contributed by atoms with Gasteiger partial charge >= 0.3 is 11.9 Å². The minimum Gasteiger partial charge on any atom is -0.466 e. The van der Waals surface area contributed by atoms with Gasteiger partial charge in [-0.2, -0.15) is 0 Å². The van der Waals surface area contributed by atoms with Gasteiger partial charge in [-0.25, -0.2) is 0 Å². The van der Waals surface area contributed by atoms with E-state index in [9.17, 15) is 9.59 Å². The van der Waals surface area contributed by atoms with Crippen molar-refractivity contribution >= 4 is 11.9 Å². The second-order valence-electron chi connectivity index (χ2n) is 9.05. The topological polar surface area (TPSA) is 52.6 Å². The van der Waals surface area contributed by atoms with Crippen molar-refractivity contribution in [1.82, 2.24) is 0 Å². The zero-order valence-electron chi connectivity index (χ0n) is 21.9. The van der Waals surface area contributed by atoms with Gasteiger partial charge in [0.2, 0.25) is 0 Å². The molecule has 0 rings (SSSR count). The maximum atomic E-state index is 11.8. The largest absolute Gasteiger partial charge is 0.466 e. The lowest BCUT2D eigenvalue weighted by Gasteiger charge is -2.06. The second kappa shape index (κ2) is 26.7. The molecular formula is C29H52O4. The highest BCUT2D eigenvalue weighted by Gasteiger charge is 2.07. The molecule has 0 N–H and O–H groups in total. The maximum absolute atomic E-state index is 11.8. The van der Waals surface area contributed by atoms with E-state index in [2.05, 4.69) is 25.7 Å². The number of hydrogen-bond donors (Lipinski definition) is 0. The summed E-state index contributed by atoms with van der Waals surface area (Å²) in [5.41, 5.74) is 0. The zero-order chi connectivity index (χ0) is 24.2. The van der Waals surface area contributed by atoms with Crippen LogP contribution in [0.2, 0.25) is 0 Å². The maximum Gasteiger partial charge on any atom is 0.305 e. The van der Waals surface area contributed by atoms with E-state index < -0.39 is 0 Å². The van der Waals surface area contributed by atoms with Crippen molar-refractivity contribution in [1.29, 1.82) is 0 Å². The summed E-state index contributed by atoms with van der Waals surface area (Å²) in [6, 6.07) is 0. The highest BCUT2D eigenvalue weighted by atomic mass is 16.5. The summed E-state index contributed by atoms with van der Waals surface area (Å²) < 4.78 is 10.5. The number of carbonyl (C=O) groups excluding carboxylic acids is 2. The molecule has 0 aliphatic carbocycles. The van der Waals surface area contributed by atoms with Crippen LogP contribution in [0.5, 0.6) is 0 Å². The number of esters is 2. The lowest BCUT2D eigenvalue weighted by molar-refractivity contribution is -0.145. The molecule has 0 aliphatic rings. The standard InChI is InChI=1S/C29H52O4/c1-3-5-7-9-11-13-15-17-19-21-26-32-28(30)24-23-25-29(31)33-27-22-20-18-16-14-12-10-8-6-4-2/h3-5,7,9-27H2,1-2H3. The Morgan fingerprint density at radius 3 is 1.39 bits per heavy atom. The molecule has 4 heteroatoms. The van der Waals surface area contributed by atoms with E-state index in [4.69, 9.17) is 9.47 Å². The van der Waals surface area contributed by atoms with Gasteiger partial charge in [-0.3, -0.25) is 9.59 Å². The first kappa shape index (κ1) is 31.5. The molecular weight excluding hydrogens is 412 g/mol. The average Bonchev–Trinajstić information content (AvgIpc) is 2.81. The van der Waals surface area contributed by atoms with Gasteiger partial charge in [-0.15, -0.1) is 11.8 Å². The normalized spacial score (nSPS) is 10.5. The van der Waals surface area contributed by atoms with Crippen molar-refractivity contribution in [2.45, 2.75) is 149 Å². The summed E-state index contributed by atoms with van der Waals surface area (Å²) in [5, 5.41) is 0. The van der Waals surface area contributed by atoms with Gasteiger partial charge in [0.1, 0.15) is 0 Å². The molecule has 0 fully saturated rings. The number of unbranched alkanes of at least 4 members (excludes halogenated alkanes) is 15. The van der Waals surface area contributed by atoms with Crippen molar-refractivity contribution in [3.63, 3.8) is 0 Å². The molecule has 0 saturated carbocycles. The van der Waals surface area contributed by atoms with Gasteiger partial charge < -0.3 is 9.47 Å². The fourth-order valence-corrected chi connectivity index (χ4v) is 3.72. The van der Waals surface area contributed by atoms with Crippen LogP contribution in [0.1, 0.15) is 149 Å². The summed E-state index contributed by atoms with van der Waals surface area (Å²) in [4.78, 5) is 23.5. The molecule has 0 heterocycles. The molecule has 0 aromatic carbocycles. The molecule has 0 atom stereocenters. The zero-order valence-corrected chi connectivity index (χ0v) is 21.9. The molecule has 192 valence electrons. The van der Waals surface area contributed by atoms with E-state index >= 15 is 0 Å². The third-order valence-corrected chi connectivity index (χ3v) is 5.78. The second-order valence-corrected chi connectivity index (χ2v) is 9.05. The lowest BCUT2D eigenvalue weighted by Crippen LogP contribution is -2.09. The van der Waals surface area contributed by atoms with E-state index in [1.165, 1.54) is 77.0 Å². The molecule has 0 amide bonds. The number of carbonyl (C=O) groups is 2. The molecule has 4 nitrogen and oxygen atoms in total. The molecule has 0 aromatic heterocycles. The average molecular weight is 465 g/mol. The lowest BCUT2D eigenvalue weighted by atomic mass is 10.1. The van der Waals surface area contributed by atoms with Crippen LogP contribution in [-0.2, 0) is 19.1 Å². The Bertz CT molecular complexity index is 503. The van der Waals surface area contributed by atoms with Gasteiger partial charge in [-0.1, -0.05) is 97.3 Å². The SMILES string of the molecule is CCC#CCCCCCCCCOC(=O)CCCC(=O)OCCCCCCCCCCCC. The molecule has 33 heavy (non-hydrogen) atoms. The van der Waals surface area contributed by atoms with Crippen LogP contribution in [0.15, 0.2) is 0 Å². The molecule has 0 bridgehead atoms. The Kier molecular flexibility index (Phi) is 25.5. The number of rotatable bonds is 23. The molecule has 0 saturated heterocycles. The third-order valence-electron chi connectivity index (χ3n) is 5.78. The van der Waals surface area contributed by atoms with E-state index in [0.29, 0.717) is 32.5 Å². The van der Waals surface area contributed by atoms with Gasteiger partial charge in [-0.05, 0) is 25.7 Å². The molecule has 0 aliphatic heterocycles. The summed E-state index contributed by atoms with van der Waals surface area (Å²) in [6.07, 6.45) is 22.6. The Morgan fingerprint density at radius 2 is 0.939 bits per heavy atom. The van der Waals surface area contributed by atoms with E-state index in [0.717, 1.165) is 38.5 Å². The first-order valence-electron chi connectivity index (χ1n) is 14.0. The minimum absolute atomic E-state index is 0.195. The van der Waals surface area contributed by atoms with Gasteiger partial charge in [0.15, 0.2) is 0 Å². The predicted molar refractivity (Wildman–Crippen MR) is 138 cm³/mol. The van der Waals surface area contributed by atoms with E-state index in [1.807, 2.05) is 0 Å². The van der Waals surface area contributed by atoms with Crippen molar-refractivity contribution < 1.29 is 19.1 Å². The van der Waals surface area contributed by atoms with E-state index in [-0.39, 0.29) is 11.9 Å². The van der Waals surface area contributed by atoms with Crippen LogP contribution in [0.25, 0.3) is 0 Å². The van der Waals surface area contributed by atoms with Gasteiger partial charge in [0.25, 0.3) is 0 Å². The van der Waals surface area contributed by atoms with Crippen LogP contribution >= 0.6 is 0 Å². The van der Waals surface area contributed by atoms with Crippen LogP contribution in [0.4, 0.5) is 0 Å². The Morgan fingerprint density at radius 1 is 0.515 bits per heavy atom. The van der Waals surface area contributed by atoms with Crippen LogP contribution in [-0.4, -0.2) is 25.2 Å². The predicted octanol–water partition coefficient (Wildman–Crippen LogP) is 8.31. The first-order valence-corrected chi connectivity index (χ1v) is 14.0. The first-order chi connectivity index (χ1) is 16.2. The Labute approximate surface area is 205 Å². The smallest absolute Gasteiger partial charge is 0.305 e. The molecule has 0 aromatic rings. The van der Waals surface area contributed by atoms with Gasteiger partial charge in [0, 0.05) is 25.7 Å². The molecule has 0 spiro atoms. The van der Waals surface area contributed by atoms with Crippen LogP contribution < -0.4 is 0 Å². The van der Waals surface area contributed by atoms with Crippen LogP contribution in [0.3, 0.4) is 0 Å². The Hall–Kier alpha value is -1.50. The monoisotopic (exact) mass is 464 g/mol. The van der Waals surface area contributed by atoms with Crippen molar-refractivity contribution in [3.8, 4) is 11.8 Å². The summed E-state index contributed by atoms with van der Waals surface area (Å²) in [5.74, 6) is 5.87. The van der Waals surface area contributed by atoms with Crippen molar-refractivity contribution in [2.24, 2.45) is 0 Å². The molecule has 0 unspecified atom stereocenters. The van der Waals surface area contributed by atoms with Gasteiger partial charge in [0.05, 0.1) is 13.2 Å². The quantitative estimate of drug-likeness (QED) is 0.0866. The van der Waals surface area contributed by atoms with E-state index in [1.54, 1.807) is 0 Å². The number of ether oxygens (including phenoxy) is 2. The fraction of sp³-hybridized carbons (Fsp3) is 0.862. The summed E-state index contributed by atoms with van der Waals surface area (Å²) in [6.45, 7) is 5.32.